The third kappa shape index (κ3) is 4.81. The third-order valence-corrected chi connectivity index (χ3v) is 4.87. The van der Waals surface area contributed by atoms with Gasteiger partial charge in [0.05, 0.1) is 0 Å². The standard InChI is InChI=1S/C15H17ClN2O2S/c1-12(7-8-13-5-3-2-4-6-13)18-21(19,20)14-9-10-15(16)17-11-14/h2-6,9-12,18H,7-8H2,1H3/t12-/m1/s1. The van der Waals surface area contributed by atoms with Gasteiger partial charge in [0, 0.05) is 12.2 Å². The predicted octanol–water partition coefficient (Wildman–Crippen LogP) is 3.03. The quantitative estimate of drug-likeness (QED) is 0.831. The zero-order valence-electron chi connectivity index (χ0n) is 11.7. The van der Waals surface area contributed by atoms with Gasteiger partial charge in [0.25, 0.3) is 0 Å². The van der Waals surface area contributed by atoms with Crippen LogP contribution in [0.3, 0.4) is 0 Å². The third-order valence-electron chi connectivity index (χ3n) is 3.08. The van der Waals surface area contributed by atoms with E-state index in [0.29, 0.717) is 0 Å². The van der Waals surface area contributed by atoms with Gasteiger partial charge in [0.1, 0.15) is 10.0 Å². The summed E-state index contributed by atoms with van der Waals surface area (Å²) in [7, 11) is -3.55. The molecule has 0 bridgehead atoms. The van der Waals surface area contributed by atoms with Crippen molar-refractivity contribution in [2.45, 2.75) is 30.7 Å². The lowest BCUT2D eigenvalue weighted by Crippen LogP contribution is -2.33. The fraction of sp³-hybridized carbons (Fsp3) is 0.267. The highest BCUT2D eigenvalue weighted by molar-refractivity contribution is 7.89. The average molecular weight is 325 g/mol. The van der Waals surface area contributed by atoms with Crippen LogP contribution in [0.5, 0.6) is 0 Å². The molecule has 1 atom stereocenters. The first-order valence-electron chi connectivity index (χ1n) is 6.65. The summed E-state index contributed by atoms with van der Waals surface area (Å²) >= 11 is 5.66. The largest absolute Gasteiger partial charge is 0.243 e. The first kappa shape index (κ1) is 15.9. The van der Waals surface area contributed by atoms with Crippen LogP contribution >= 0.6 is 11.6 Å². The molecule has 21 heavy (non-hydrogen) atoms. The molecule has 6 heteroatoms. The molecule has 0 saturated carbocycles. The lowest BCUT2D eigenvalue weighted by atomic mass is 10.1. The Kier molecular flexibility index (Phi) is 5.33. The lowest BCUT2D eigenvalue weighted by molar-refractivity contribution is 0.546. The number of aryl methyl sites for hydroxylation is 1. The van der Waals surface area contributed by atoms with E-state index >= 15 is 0 Å². The van der Waals surface area contributed by atoms with Gasteiger partial charge in [0.2, 0.25) is 10.0 Å². The van der Waals surface area contributed by atoms with Crippen molar-refractivity contribution in [3.63, 3.8) is 0 Å². The number of hydrogen-bond donors (Lipinski definition) is 1. The average Bonchev–Trinajstić information content (AvgIpc) is 2.46. The Hall–Kier alpha value is -1.43. The van der Waals surface area contributed by atoms with Crippen molar-refractivity contribution >= 4 is 21.6 Å². The van der Waals surface area contributed by atoms with Gasteiger partial charge in [0.15, 0.2) is 0 Å². The molecule has 0 radical (unpaired) electrons. The summed E-state index contributed by atoms with van der Waals surface area (Å²) in [5.41, 5.74) is 1.19. The van der Waals surface area contributed by atoms with E-state index in [0.717, 1.165) is 12.8 Å². The van der Waals surface area contributed by atoms with Crippen LogP contribution in [-0.4, -0.2) is 19.4 Å². The number of nitrogens with zero attached hydrogens (tertiary/aromatic N) is 1. The monoisotopic (exact) mass is 324 g/mol. The van der Waals surface area contributed by atoms with Gasteiger partial charge in [-0.1, -0.05) is 41.9 Å². The molecule has 0 saturated heterocycles. The van der Waals surface area contributed by atoms with E-state index in [9.17, 15) is 8.42 Å². The summed E-state index contributed by atoms with van der Waals surface area (Å²) < 4.78 is 27.0. The van der Waals surface area contributed by atoms with Gasteiger partial charge in [-0.25, -0.2) is 18.1 Å². The first-order valence-corrected chi connectivity index (χ1v) is 8.51. The summed E-state index contributed by atoms with van der Waals surface area (Å²) in [6, 6.07) is 12.7. The Labute approximate surface area is 130 Å². The second-order valence-electron chi connectivity index (χ2n) is 4.86. The number of nitrogens with one attached hydrogen (secondary N) is 1. The number of benzene rings is 1. The number of hydrogen-bond acceptors (Lipinski definition) is 3. The van der Waals surface area contributed by atoms with Gasteiger partial charge in [-0.2, -0.15) is 0 Å². The van der Waals surface area contributed by atoms with Crippen LogP contribution in [0.1, 0.15) is 18.9 Å². The Morgan fingerprint density at radius 1 is 1.19 bits per heavy atom. The van der Waals surface area contributed by atoms with Gasteiger partial charge >= 0.3 is 0 Å². The number of pyridine rings is 1. The molecule has 2 aromatic rings. The maximum Gasteiger partial charge on any atom is 0.242 e. The van der Waals surface area contributed by atoms with Gasteiger partial charge < -0.3 is 0 Å². The summed E-state index contributed by atoms with van der Waals surface area (Å²) in [5, 5.41) is 0.270. The minimum atomic E-state index is -3.55. The van der Waals surface area contributed by atoms with Crippen LogP contribution in [0.4, 0.5) is 0 Å². The van der Waals surface area contributed by atoms with E-state index in [-0.39, 0.29) is 16.1 Å². The van der Waals surface area contributed by atoms with Crippen LogP contribution < -0.4 is 4.72 Å². The Balaban J connectivity index is 1.95. The molecule has 4 nitrogen and oxygen atoms in total. The van der Waals surface area contributed by atoms with E-state index in [2.05, 4.69) is 9.71 Å². The van der Waals surface area contributed by atoms with Crippen molar-refractivity contribution in [2.24, 2.45) is 0 Å². The van der Waals surface area contributed by atoms with Crippen molar-refractivity contribution < 1.29 is 8.42 Å². The molecule has 112 valence electrons. The topological polar surface area (TPSA) is 59.1 Å². The summed E-state index contributed by atoms with van der Waals surface area (Å²) in [4.78, 5) is 3.92. The molecule has 1 aromatic carbocycles. The molecule has 0 spiro atoms. The fourth-order valence-electron chi connectivity index (χ4n) is 1.94. The SMILES string of the molecule is C[C@H](CCc1ccccc1)NS(=O)(=O)c1ccc(Cl)nc1. The molecule has 0 aliphatic heterocycles. The van der Waals surface area contributed by atoms with Crippen LogP contribution in [0, 0.1) is 0 Å². The second-order valence-corrected chi connectivity index (χ2v) is 6.96. The van der Waals surface area contributed by atoms with Crippen molar-refractivity contribution in [1.29, 1.82) is 0 Å². The molecule has 1 heterocycles. The summed E-state index contributed by atoms with van der Waals surface area (Å²) in [5.74, 6) is 0. The number of halogens is 1. The molecule has 0 aliphatic rings. The van der Waals surface area contributed by atoms with Crippen molar-refractivity contribution in [3.8, 4) is 0 Å². The molecule has 2 rings (SSSR count). The van der Waals surface area contributed by atoms with E-state index < -0.39 is 10.0 Å². The molecule has 0 unspecified atom stereocenters. The van der Waals surface area contributed by atoms with E-state index in [1.54, 1.807) is 0 Å². The Morgan fingerprint density at radius 2 is 1.90 bits per heavy atom. The Bertz CT molecular complexity index is 673. The number of rotatable bonds is 6. The fourth-order valence-corrected chi connectivity index (χ4v) is 3.27. The van der Waals surface area contributed by atoms with Gasteiger partial charge in [-0.3, -0.25) is 0 Å². The number of aromatic nitrogens is 1. The highest BCUT2D eigenvalue weighted by Gasteiger charge is 2.17. The maximum atomic E-state index is 12.2. The zero-order chi connectivity index (χ0) is 15.3. The Morgan fingerprint density at radius 3 is 2.52 bits per heavy atom. The normalized spacial score (nSPS) is 13.0. The molecule has 1 aromatic heterocycles. The predicted molar refractivity (Wildman–Crippen MR) is 83.8 cm³/mol. The van der Waals surface area contributed by atoms with Crippen LogP contribution in [0.2, 0.25) is 5.15 Å². The van der Waals surface area contributed by atoms with E-state index in [1.807, 2.05) is 37.3 Å². The minimum absolute atomic E-state index is 0.124. The molecular formula is C15H17ClN2O2S. The lowest BCUT2D eigenvalue weighted by Gasteiger charge is -2.14. The van der Waals surface area contributed by atoms with Crippen LogP contribution in [0.25, 0.3) is 0 Å². The zero-order valence-corrected chi connectivity index (χ0v) is 13.2. The van der Waals surface area contributed by atoms with E-state index in [4.69, 9.17) is 11.6 Å². The van der Waals surface area contributed by atoms with E-state index in [1.165, 1.54) is 23.9 Å². The van der Waals surface area contributed by atoms with Crippen molar-refractivity contribution in [1.82, 2.24) is 9.71 Å². The van der Waals surface area contributed by atoms with Crippen molar-refractivity contribution in [2.75, 3.05) is 0 Å². The summed E-state index contributed by atoms with van der Waals surface area (Å²) in [6.07, 6.45) is 2.81. The minimum Gasteiger partial charge on any atom is -0.243 e. The van der Waals surface area contributed by atoms with Crippen LogP contribution in [-0.2, 0) is 16.4 Å². The molecule has 0 aliphatic carbocycles. The highest BCUT2D eigenvalue weighted by Crippen LogP contribution is 2.12. The molecule has 1 N–H and O–H groups in total. The smallest absolute Gasteiger partial charge is 0.242 e. The maximum absolute atomic E-state index is 12.2. The first-order chi connectivity index (χ1) is 9.97. The van der Waals surface area contributed by atoms with Crippen molar-refractivity contribution in [3.05, 3.63) is 59.4 Å². The number of sulfonamides is 1. The summed E-state index contributed by atoms with van der Waals surface area (Å²) in [6.45, 7) is 1.85. The van der Waals surface area contributed by atoms with Gasteiger partial charge in [-0.15, -0.1) is 0 Å². The van der Waals surface area contributed by atoms with Gasteiger partial charge in [-0.05, 0) is 37.5 Å². The van der Waals surface area contributed by atoms with Crippen LogP contribution in [0.15, 0.2) is 53.6 Å². The molecule has 0 amide bonds. The highest BCUT2D eigenvalue weighted by atomic mass is 35.5. The second kappa shape index (κ2) is 7.02. The molecular weight excluding hydrogens is 308 g/mol. The molecule has 0 fully saturated rings.